The number of ketones is 1. The van der Waals surface area contributed by atoms with E-state index in [4.69, 9.17) is 21.9 Å². The van der Waals surface area contributed by atoms with Crippen molar-refractivity contribution >= 4 is 44.7 Å². The number of hydrogen-bond acceptors (Lipinski definition) is 9. The Morgan fingerprint density at radius 3 is 2.55 bits per heavy atom. The second kappa shape index (κ2) is 11.2. The Labute approximate surface area is 258 Å². The number of thiophene rings is 1. The normalized spacial score (nSPS) is 23.0. The van der Waals surface area contributed by atoms with Crippen molar-refractivity contribution < 1.29 is 24.2 Å². The molecule has 1 aliphatic carbocycles. The van der Waals surface area contributed by atoms with E-state index in [1.807, 2.05) is 43.3 Å². The lowest BCUT2D eigenvalue weighted by Gasteiger charge is -2.37. The summed E-state index contributed by atoms with van der Waals surface area (Å²) < 4.78 is 6.59. The standard InChI is InChI=1S/C33H33N5O5S/c1-3-25(40)38-15-18(14-19(39)16-38)37-32(42)30-27-26-23(11-12-24(34)29(26)44-30)33(36,31(41)28(27)35)22-10-9-21(13-17(22)2)43-20-7-5-4-6-8-20/h3-13,18-19,28,39H,1,14-16,34-36H2,2H3,(H,37,42)/t18-,19-,28?,33?/m1/s1. The molecule has 1 fully saturated rings. The summed E-state index contributed by atoms with van der Waals surface area (Å²) in [6.45, 7) is 5.73. The quantitative estimate of drug-likeness (QED) is 0.163. The third kappa shape index (κ3) is 4.83. The molecular weight excluding hydrogens is 578 g/mol. The number of anilines is 1. The average molecular weight is 612 g/mol. The number of β-amino-alcohol motifs (C(OH)–C–C–N with tert-alkyl or cyclic N) is 1. The summed E-state index contributed by atoms with van der Waals surface area (Å²) in [5.41, 5.74) is 21.1. The number of carbonyl (C=O) groups is 3. The van der Waals surface area contributed by atoms with Gasteiger partial charge in [-0.05, 0) is 66.4 Å². The zero-order chi connectivity index (χ0) is 31.3. The predicted molar refractivity (Wildman–Crippen MR) is 169 cm³/mol. The molecule has 226 valence electrons. The highest BCUT2D eigenvalue weighted by Gasteiger charge is 2.49. The highest BCUT2D eigenvalue weighted by Crippen LogP contribution is 2.50. The van der Waals surface area contributed by atoms with E-state index >= 15 is 0 Å². The second-order valence-corrected chi connectivity index (χ2v) is 12.3. The van der Waals surface area contributed by atoms with E-state index in [9.17, 15) is 19.5 Å². The molecule has 11 heteroatoms. The Bertz CT molecular complexity index is 1820. The molecule has 1 aliphatic heterocycles. The van der Waals surface area contributed by atoms with Gasteiger partial charge >= 0.3 is 0 Å². The fourth-order valence-corrected chi connectivity index (χ4v) is 7.53. The van der Waals surface area contributed by atoms with Gasteiger partial charge in [-0.1, -0.05) is 36.9 Å². The van der Waals surface area contributed by atoms with Crippen LogP contribution in [0.15, 0.2) is 73.3 Å². The van der Waals surface area contributed by atoms with E-state index in [0.29, 0.717) is 44.0 Å². The number of nitrogens with one attached hydrogen (secondary N) is 1. The highest BCUT2D eigenvalue weighted by atomic mass is 32.1. The molecule has 44 heavy (non-hydrogen) atoms. The van der Waals surface area contributed by atoms with Crippen LogP contribution in [0.3, 0.4) is 0 Å². The number of amides is 2. The van der Waals surface area contributed by atoms with Crippen LogP contribution in [0.4, 0.5) is 5.69 Å². The van der Waals surface area contributed by atoms with Crippen LogP contribution < -0.4 is 27.3 Å². The van der Waals surface area contributed by atoms with E-state index in [-0.39, 0.29) is 30.3 Å². The van der Waals surface area contributed by atoms with Crippen molar-refractivity contribution in [2.75, 3.05) is 18.8 Å². The molecule has 3 aromatic carbocycles. The van der Waals surface area contributed by atoms with Crippen LogP contribution in [0.1, 0.15) is 44.4 Å². The minimum atomic E-state index is -1.61. The lowest BCUT2D eigenvalue weighted by atomic mass is 9.69. The molecule has 1 saturated heterocycles. The third-order valence-electron chi connectivity index (χ3n) is 8.37. The van der Waals surface area contributed by atoms with Gasteiger partial charge in [0.05, 0.1) is 21.7 Å². The molecule has 0 spiro atoms. The smallest absolute Gasteiger partial charge is 0.262 e. The monoisotopic (exact) mass is 611 g/mol. The Kier molecular flexibility index (Phi) is 7.50. The molecule has 0 bridgehead atoms. The predicted octanol–water partition coefficient (Wildman–Crippen LogP) is 3.25. The number of aryl methyl sites for hydroxylation is 1. The van der Waals surface area contributed by atoms with Crippen molar-refractivity contribution in [1.82, 2.24) is 10.2 Å². The lowest BCUT2D eigenvalue weighted by Crippen LogP contribution is -2.54. The molecule has 2 amide bonds. The largest absolute Gasteiger partial charge is 0.457 e. The number of rotatable bonds is 6. The van der Waals surface area contributed by atoms with Gasteiger partial charge in [0, 0.05) is 35.8 Å². The Morgan fingerprint density at radius 1 is 1.11 bits per heavy atom. The molecule has 8 N–H and O–H groups in total. The van der Waals surface area contributed by atoms with Gasteiger partial charge in [-0.15, -0.1) is 11.3 Å². The minimum Gasteiger partial charge on any atom is -0.457 e. The first-order valence-corrected chi connectivity index (χ1v) is 15.0. The Morgan fingerprint density at radius 2 is 1.84 bits per heavy atom. The Balaban J connectivity index is 1.39. The van der Waals surface area contributed by atoms with E-state index in [2.05, 4.69) is 11.9 Å². The van der Waals surface area contributed by atoms with Crippen molar-refractivity contribution in [2.45, 2.75) is 37.1 Å². The number of carbonyl (C=O) groups excluding carboxylic acids is 3. The topological polar surface area (TPSA) is 174 Å². The van der Waals surface area contributed by atoms with Gasteiger partial charge in [-0.2, -0.15) is 0 Å². The number of piperidine rings is 1. The van der Waals surface area contributed by atoms with Crippen molar-refractivity contribution in [3.63, 3.8) is 0 Å². The summed E-state index contributed by atoms with van der Waals surface area (Å²) in [6, 6.07) is 16.4. The van der Waals surface area contributed by atoms with Crippen molar-refractivity contribution in [3.05, 3.63) is 100 Å². The number of hydrogen-bond donors (Lipinski definition) is 5. The fourth-order valence-electron chi connectivity index (χ4n) is 6.33. The number of Topliss-reactive ketones (excluding diaryl/α,β-unsaturated/α-hetero) is 1. The van der Waals surface area contributed by atoms with Gasteiger partial charge in [0.25, 0.3) is 5.91 Å². The molecule has 2 aliphatic rings. The maximum atomic E-state index is 14.2. The molecule has 4 atom stereocenters. The third-order valence-corrected chi connectivity index (χ3v) is 9.62. The van der Waals surface area contributed by atoms with Crippen LogP contribution in [-0.2, 0) is 15.1 Å². The summed E-state index contributed by atoms with van der Waals surface area (Å²) in [5, 5.41) is 13.9. The first-order chi connectivity index (χ1) is 21.0. The molecule has 4 aromatic rings. The number of aliphatic hydroxyl groups excluding tert-OH is 1. The maximum absolute atomic E-state index is 14.2. The van der Waals surface area contributed by atoms with E-state index in [0.717, 1.165) is 16.9 Å². The van der Waals surface area contributed by atoms with E-state index in [1.54, 1.807) is 24.3 Å². The van der Waals surface area contributed by atoms with Gasteiger partial charge in [-0.25, -0.2) is 0 Å². The molecule has 1 aromatic heterocycles. The fraction of sp³-hybridized carbons (Fsp3) is 0.242. The number of ether oxygens (including phenoxy) is 1. The van der Waals surface area contributed by atoms with Crippen LogP contribution in [0.25, 0.3) is 10.1 Å². The molecule has 0 saturated carbocycles. The second-order valence-electron chi connectivity index (χ2n) is 11.3. The number of nitrogens with zero attached hydrogens (tertiary/aromatic N) is 1. The van der Waals surface area contributed by atoms with Crippen LogP contribution in [0.2, 0.25) is 0 Å². The Hall–Kier alpha value is -4.55. The summed E-state index contributed by atoms with van der Waals surface area (Å²) in [5.74, 6) is 0.00320. The first kappa shape index (κ1) is 29.5. The number of benzene rings is 3. The average Bonchev–Trinajstić information content (AvgIpc) is 3.41. The van der Waals surface area contributed by atoms with E-state index < -0.39 is 35.4 Å². The van der Waals surface area contributed by atoms with E-state index in [1.165, 1.54) is 11.0 Å². The zero-order valence-electron chi connectivity index (χ0n) is 24.1. The summed E-state index contributed by atoms with van der Waals surface area (Å²) >= 11 is 1.14. The van der Waals surface area contributed by atoms with Gasteiger partial charge in [0.2, 0.25) is 5.91 Å². The zero-order valence-corrected chi connectivity index (χ0v) is 24.9. The first-order valence-electron chi connectivity index (χ1n) is 14.2. The molecule has 2 heterocycles. The summed E-state index contributed by atoms with van der Waals surface area (Å²) in [4.78, 5) is 41.8. The SMILES string of the molecule is C=CC(=O)N1C[C@H](O)C[C@@H](NC(=O)c2sc3c(N)ccc4c3c2C(N)C(=O)C4(N)c2ccc(Oc3ccccc3)cc2C)C1. The lowest BCUT2D eigenvalue weighted by molar-refractivity contribution is -0.129. The number of nitrogen functional groups attached to an aromatic ring is 1. The van der Waals surface area contributed by atoms with Gasteiger partial charge in [-0.3, -0.25) is 14.4 Å². The van der Waals surface area contributed by atoms with Crippen LogP contribution in [-0.4, -0.2) is 52.8 Å². The molecular formula is C33H33N5O5S. The van der Waals surface area contributed by atoms with Gasteiger partial charge in [0.1, 0.15) is 17.0 Å². The molecule has 0 radical (unpaired) electrons. The molecule has 10 nitrogen and oxygen atoms in total. The number of aliphatic hydroxyl groups is 1. The number of likely N-dealkylation sites (tertiary alicyclic amines) is 1. The van der Waals surface area contributed by atoms with Gasteiger partial charge < -0.3 is 37.3 Å². The molecule has 2 unspecified atom stereocenters. The molecule has 6 rings (SSSR count). The van der Waals surface area contributed by atoms with Gasteiger partial charge in [0.15, 0.2) is 5.78 Å². The maximum Gasteiger partial charge on any atom is 0.262 e. The van der Waals surface area contributed by atoms with Crippen molar-refractivity contribution in [3.8, 4) is 11.5 Å². The summed E-state index contributed by atoms with van der Waals surface area (Å²) in [6.07, 6.45) is 0.628. The van der Waals surface area contributed by atoms with Crippen molar-refractivity contribution in [1.29, 1.82) is 0 Å². The number of nitrogens with two attached hydrogens (primary N) is 3. The summed E-state index contributed by atoms with van der Waals surface area (Å²) in [7, 11) is 0. The minimum absolute atomic E-state index is 0.155. The van der Waals surface area contributed by atoms with Crippen LogP contribution in [0.5, 0.6) is 11.5 Å². The van der Waals surface area contributed by atoms with Crippen molar-refractivity contribution in [2.24, 2.45) is 11.5 Å². The number of para-hydroxylation sites is 1. The highest BCUT2D eigenvalue weighted by molar-refractivity contribution is 7.21. The van der Waals surface area contributed by atoms with Crippen LogP contribution >= 0.6 is 11.3 Å². The van der Waals surface area contributed by atoms with Crippen LogP contribution in [0, 0.1) is 6.92 Å².